The largest absolute Gasteiger partial charge is 0.358 e. The predicted octanol–water partition coefficient (Wildman–Crippen LogP) is 3.64. The van der Waals surface area contributed by atoms with Gasteiger partial charge in [-0.2, -0.15) is 0 Å². The van der Waals surface area contributed by atoms with Crippen molar-refractivity contribution in [3.05, 3.63) is 35.3 Å². The molecule has 0 bridgehead atoms. The summed E-state index contributed by atoms with van der Waals surface area (Å²) in [6.07, 6.45) is 2.21. The van der Waals surface area contributed by atoms with Crippen LogP contribution in [0.4, 0.5) is 9.18 Å². The van der Waals surface area contributed by atoms with E-state index >= 15 is 0 Å². The highest BCUT2D eigenvalue weighted by atomic mass is 19.1. The van der Waals surface area contributed by atoms with E-state index in [0.29, 0.717) is 11.8 Å². The average Bonchev–Trinajstić information content (AvgIpc) is 3.23. The molecule has 2 aliphatic rings. The Balaban J connectivity index is 1.44. The van der Waals surface area contributed by atoms with Crippen LogP contribution in [0.15, 0.2) is 18.2 Å². The Morgan fingerprint density at radius 1 is 1.19 bits per heavy atom. The zero-order chi connectivity index (χ0) is 19.0. The van der Waals surface area contributed by atoms with Crippen LogP contribution >= 0.6 is 0 Å². The number of amides is 2. The van der Waals surface area contributed by atoms with Crippen molar-refractivity contribution in [3.8, 4) is 0 Å². The highest BCUT2D eigenvalue weighted by Gasteiger charge is 2.27. The normalized spacial score (nSPS) is 19.4. The van der Waals surface area contributed by atoms with Crippen LogP contribution in [0.2, 0.25) is 0 Å². The predicted molar refractivity (Wildman–Crippen MR) is 106 cm³/mol. The van der Waals surface area contributed by atoms with Gasteiger partial charge in [0, 0.05) is 42.8 Å². The van der Waals surface area contributed by atoms with E-state index in [4.69, 9.17) is 0 Å². The lowest BCUT2D eigenvalue weighted by molar-refractivity contribution is 0.181. The van der Waals surface area contributed by atoms with Crippen molar-refractivity contribution in [3.63, 3.8) is 0 Å². The number of piperidine rings is 1. The molecule has 2 N–H and O–H groups in total. The van der Waals surface area contributed by atoms with Crippen molar-refractivity contribution in [2.75, 3.05) is 39.3 Å². The minimum atomic E-state index is -0.189. The van der Waals surface area contributed by atoms with Gasteiger partial charge in [0.15, 0.2) is 0 Å². The molecule has 146 valence electrons. The molecule has 1 aromatic heterocycles. The first kappa shape index (κ1) is 18.3. The third-order valence-corrected chi connectivity index (χ3v) is 6.04. The van der Waals surface area contributed by atoms with Gasteiger partial charge in [0.1, 0.15) is 5.82 Å². The van der Waals surface area contributed by atoms with E-state index in [9.17, 15) is 9.18 Å². The number of benzene rings is 1. The van der Waals surface area contributed by atoms with E-state index in [2.05, 4.69) is 29.0 Å². The van der Waals surface area contributed by atoms with E-state index in [-0.39, 0.29) is 11.8 Å². The number of halogens is 1. The molecular weight excluding hydrogens is 343 g/mol. The molecule has 2 amide bonds. The van der Waals surface area contributed by atoms with Crippen LogP contribution in [-0.4, -0.2) is 60.1 Å². The van der Waals surface area contributed by atoms with Gasteiger partial charge in [-0.3, -0.25) is 0 Å². The number of carbonyl (C=O) groups excluding carboxylic acids is 1. The second-order valence-corrected chi connectivity index (χ2v) is 8.13. The summed E-state index contributed by atoms with van der Waals surface area (Å²) in [5.41, 5.74) is 3.55. The minimum absolute atomic E-state index is 0.0671. The third kappa shape index (κ3) is 3.68. The number of rotatable bonds is 5. The Bertz CT molecular complexity index is 823. The number of urea groups is 1. The summed E-state index contributed by atoms with van der Waals surface area (Å²) in [7, 11) is 0. The molecule has 1 aromatic carbocycles. The molecule has 2 aromatic rings. The lowest BCUT2D eigenvalue weighted by Gasteiger charge is -2.33. The molecule has 0 unspecified atom stereocenters. The SMILES string of the molecule is CC(C)c1[nH]c2cc(F)ccc2c1C1CCN(CCN2CCNC2=O)CC1. The number of fused-ring (bicyclic) bond motifs is 1. The Labute approximate surface area is 159 Å². The van der Waals surface area contributed by atoms with Crippen molar-refractivity contribution >= 4 is 16.9 Å². The van der Waals surface area contributed by atoms with Crippen molar-refractivity contribution in [1.82, 2.24) is 20.1 Å². The fourth-order valence-electron chi connectivity index (χ4n) is 4.54. The lowest BCUT2D eigenvalue weighted by atomic mass is 9.85. The van der Waals surface area contributed by atoms with Gasteiger partial charge in [-0.15, -0.1) is 0 Å². The Hall–Kier alpha value is -2.08. The zero-order valence-corrected chi connectivity index (χ0v) is 16.2. The van der Waals surface area contributed by atoms with E-state index in [0.717, 1.165) is 57.6 Å². The molecule has 0 atom stereocenters. The Kier molecular flexibility index (Phi) is 5.08. The lowest BCUT2D eigenvalue weighted by Crippen LogP contribution is -2.40. The first-order chi connectivity index (χ1) is 13.0. The number of likely N-dealkylation sites (tertiary alicyclic amines) is 1. The number of H-pyrrole nitrogens is 1. The van der Waals surface area contributed by atoms with Crippen LogP contribution in [0.5, 0.6) is 0 Å². The van der Waals surface area contributed by atoms with Crippen molar-refractivity contribution < 1.29 is 9.18 Å². The summed E-state index contributed by atoms with van der Waals surface area (Å²) in [6, 6.07) is 5.18. The minimum Gasteiger partial charge on any atom is -0.358 e. The number of hydrogen-bond donors (Lipinski definition) is 2. The Morgan fingerprint density at radius 2 is 1.96 bits per heavy atom. The standard InChI is InChI=1S/C21H29FN4O/c1-14(2)20-19(17-4-3-16(22)13-18(17)24-20)15-5-8-25(9-6-15)11-12-26-10-7-23-21(26)27/h3-4,13-15,24H,5-12H2,1-2H3,(H,23,27). The number of aromatic amines is 1. The van der Waals surface area contributed by atoms with Crippen molar-refractivity contribution in [1.29, 1.82) is 0 Å². The van der Waals surface area contributed by atoms with Crippen molar-refractivity contribution in [2.24, 2.45) is 0 Å². The van der Waals surface area contributed by atoms with Crippen LogP contribution in [0.1, 0.15) is 49.8 Å². The zero-order valence-electron chi connectivity index (χ0n) is 16.2. The van der Waals surface area contributed by atoms with Gasteiger partial charge < -0.3 is 20.1 Å². The number of hydrogen-bond acceptors (Lipinski definition) is 2. The first-order valence-corrected chi connectivity index (χ1v) is 10.1. The summed E-state index contributed by atoms with van der Waals surface area (Å²) < 4.78 is 13.7. The van der Waals surface area contributed by atoms with Crippen LogP contribution in [0.3, 0.4) is 0 Å². The molecule has 5 nitrogen and oxygen atoms in total. The van der Waals surface area contributed by atoms with E-state index in [1.807, 2.05) is 11.0 Å². The van der Waals surface area contributed by atoms with Crippen molar-refractivity contribution in [2.45, 2.75) is 38.5 Å². The van der Waals surface area contributed by atoms with Gasteiger partial charge in [-0.05, 0) is 61.5 Å². The third-order valence-electron chi connectivity index (χ3n) is 6.04. The van der Waals surface area contributed by atoms with Gasteiger partial charge in [0.05, 0.1) is 0 Å². The molecule has 3 heterocycles. The molecule has 2 aliphatic heterocycles. The molecule has 4 rings (SSSR count). The highest BCUT2D eigenvalue weighted by molar-refractivity contribution is 5.85. The number of aromatic nitrogens is 1. The van der Waals surface area contributed by atoms with Gasteiger partial charge in [0.25, 0.3) is 0 Å². The van der Waals surface area contributed by atoms with Gasteiger partial charge in [-0.1, -0.05) is 13.8 Å². The molecule has 0 aliphatic carbocycles. The molecule has 0 radical (unpaired) electrons. The second kappa shape index (κ2) is 7.50. The summed E-state index contributed by atoms with van der Waals surface area (Å²) >= 11 is 0. The number of nitrogens with one attached hydrogen (secondary N) is 2. The molecular formula is C21H29FN4O. The fraction of sp³-hybridized carbons (Fsp3) is 0.571. The molecule has 2 saturated heterocycles. The fourth-order valence-corrected chi connectivity index (χ4v) is 4.54. The number of nitrogens with zero attached hydrogens (tertiary/aromatic N) is 2. The topological polar surface area (TPSA) is 51.4 Å². The molecule has 6 heteroatoms. The molecule has 0 spiro atoms. The molecule has 27 heavy (non-hydrogen) atoms. The molecule has 2 fully saturated rings. The van der Waals surface area contributed by atoms with E-state index < -0.39 is 0 Å². The summed E-state index contributed by atoms with van der Waals surface area (Å²) in [5.74, 6) is 0.710. The van der Waals surface area contributed by atoms with Gasteiger partial charge in [0.2, 0.25) is 0 Å². The highest BCUT2D eigenvalue weighted by Crippen LogP contribution is 2.38. The van der Waals surface area contributed by atoms with Crippen LogP contribution in [0, 0.1) is 5.82 Å². The summed E-state index contributed by atoms with van der Waals surface area (Å²) in [4.78, 5) is 19.5. The van der Waals surface area contributed by atoms with E-state index in [1.165, 1.54) is 16.6 Å². The van der Waals surface area contributed by atoms with Gasteiger partial charge in [-0.25, -0.2) is 9.18 Å². The molecule has 0 saturated carbocycles. The van der Waals surface area contributed by atoms with Crippen LogP contribution < -0.4 is 5.32 Å². The summed E-state index contributed by atoms with van der Waals surface area (Å²) in [6.45, 7) is 9.81. The smallest absolute Gasteiger partial charge is 0.317 e. The number of carbonyl (C=O) groups is 1. The monoisotopic (exact) mass is 372 g/mol. The average molecular weight is 372 g/mol. The van der Waals surface area contributed by atoms with E-state index in [1.54, 1.807) is 12.1 Å². The second-order valence-electron chi connectivity index (χ2n) is 8.13. The van der Waals surface area contributed by atoms with Crippen LogP contribution in [0.25, 0.3) is 10.9 Å². The van der Waals surface area contributed by atoms with Gasteiger partial charge >= 0.3 is 6.03 Å². The summed E-state index contributed by atoms with van der Waals surface area (Å²) in [5, 5.41) is 4.03. The van der Waals surface area contributed by atoms with Crippen LogP contribution in [-0.2, 0) is 0 Å². The maximum atomic E-state index is 13.7. The quantitative estimate of drug-likeness (QED) is 0.842. The first-order valence-electron chi connectivity index (χ1n) is 10.1. The maximum absolute atomic E-state index is 13.7. The Morgan fingerprint density at radius 3 is 2.63 bits per heavy atom. The maximum Gasteiger partial charge on any atom is 0.317 e.